The smallest absolute Gasteiger partial charge is 0.193 e. The molecule has 0 bridgehead atoms. The summed E-state index contributed by atoms with van der Waals surface area (Å²) in [5.41, 5.74) is 1.39. The molecule has 1 saturated heterocycles. The van der Waals surface area contributed by atoms with Gasteiger partial charge in [-0.2, -0.15) is 0 Å². The second kappa shape index (κ2) is 9.58. The van der Waals surface area contributed by atoms with Crippen LogP contribution in [0.4, 0.5) is 0 Å². The average molecular weight is 368 g/mol. The highest BCUT2D eigenvalue weighted by molar-refractivity contribution is 5.80. The molecule has 0 saturated carbocycles. The first-order valence-corrected chi connectivity index (χ1v) is 10.2. The Bertz CT molecular complexity index is 695. The first kappa shape index (κ1) is 19.5. The quantitative estimate of drug-likeness (QED) is 0.622. The van der Waals surface area contributed by atoms with Gasteiger partial charge in [-0.15, -0.1) is 0 Å². The highest BCUT2D eigenvalue weighted by Crippen LogP contribution is 2.27. The number of rotatable bonds is 6. The number of aromatic nitrogens is 2. The zero-order valence-corrected chi connectivity index (χ0v) is 16.9. The minimum Gasteiger partial charge on any atom is -0.357 e. The zero-order valence-electron chi connectivity index (χ0n) is 16.9. The number of imidazole rings is 1. The van der Waals surface area contributed by atoms with Crippen LogP contribution in [0, 0.1) is 5.92 Å². The second-order valence-electron chi connectivity index (χ2n) is 7.63. The maximum absolute atomic E-state index is 4.95. The third-order valence-electron chi connectivity index (χ3n) is 5.65. The second-order valence-corrected chi connectivity index (χ2v) is 7.63. The van der Waals surface area contributed by atoms with E-state index in [1.165, 1.54) is 12.0 Å². The van der Waals surface area contributed by atoms with Crippen LogP contribution in [0.3, 0.4) is 0 Å². The molecule has 0 radical (unpaired) electrons. The molecule has 0 amide bonds. The lowest BCUT2D eigenvalue weighted by Gasteiger charge is -2.39. The predicted molar refractivity (Wildman–Crippen MR) is 112 cm³/mol. The number of piperidine rings is 1. The van der Waals surface area contributed by atoms with E-state index in [-0.39, 0.29) is 0 Å². The van der Waals surface area contributed by atoms with Crippen molar-refractivity contribution in [2.75, 3.05) is 26.2 Å². The van der Waals surface area contributed by atoms with Gasteiger partial charge in [0.2, 0.25) is 0 Å². The largest absolute Gasteiger partial charge is 0.357 e. The van der Waals surface area contributed by atoms with E-state index < -0.39 is 0 Å². The highest BCUT2D eigenvalue weighted by Gasteiger charge is 2.28. The van der Waals surface area contributed by atoms with Gasteiger partial charge in [-0.1, -0.05) is 44.2 Å². The molecule has 3 atom stereocenters. The minimum atomic E-state index is 0.452. The Morgan fingerprint density at radius 2 is 2.15 bits per heavy atom. The molecule has 1 aromatic carbocycles. The van der Waals surface area contributed by atoms with Crippen molar-refractivity contribution >= 4 is 5.96 Å². The molecule has 1 fully saturated rings. The van der Waals surface area contributed by atoms with Gasteiger partial charge >= 0.3 is 0 Å². The van der Waals surface area contributed by atoms with Crippen molar-refractivity contribution in [1.82, 2.24) is 19.8 Å². The lowest BCUT2D eigenvalue weighted by atomic mass is 9.93. The minimum absolute atomic E-state index is 0.452. The van der Waals surface area contributed by atoms with Crippen LogP contribution < -0.4 is 5.32 Å². The number of aliphatic imine (C=N–C) groups is 1. The molecule has 5 nitrogen and oxygen atoms in total. The Kier molecular flexibility index (Phi) is 6.91. The maximum atomic E-state index is 4.95. The summed E-state index contributed by atoms with van der Waals surface area (Å²) in [4.78, 5) is 11.6. The molecule has 3 unspecified atom stereocenters. The molecule has 3 rings (SSSR count). The monoisotopic (exact) mass is 367 g/mol. The Balaban J connectivity index is 1.62. The average Bonchev–Trinajstić information content (AvgIpc) is 3.23. The molecule has 1 aliphatic heterocycles. The van der Waals surface area contributed by atoms with E-state index in [1.807, 2.05) is 12.5 Å². The van der Waals surface area contributed by atoms with Crippen molar-refractivity contribution in [3.05, 3.63) is 54.6 Å². The van der Waals surface area contributed by atoms with Gasteiger partial charge in [0.25, 0.3) is 0 Å². The first-order chi connectivity index (χ1) is 13.2. The molecule has 1 aromatic heterocycles. The Labute approximate surface area is 163 Å². The van der Waals surface area contributed by atoms with Crippen LogP contribution in [0.15, 0.2) is 54.0 Å². The molecular weight excluding hydrogens is 334 g/mol. The van der Waals surface area contributed by atoms with Crippen LogP contribution in [0.1, 0.15) is 51.1 Å². The normalized spacial score (nSPS) is 21.9. The van der Waals surface area contributed by atoms with Crippen molar-refractivity contribution in [2.45, 2.75) is 45.6 Å². The van der Waals surface area contributed by atoms with Crippen LogP contribution in [0.25, 0.3) is 0 Å². The van der Waals surface area contributed by atoms with Crippen molar-refractivity contribution in [3.63, 3.8) is 0 Å². The Hall–Kier alpha value is -2.30. The van der Waals surface area contributed by atoms with E-state index in [0.29, 0.717) is 17.9 Å². The van der Waals surface area contributed by atoms with Crippen molar-refractivity contribution in [1.29, 1.82) is 0 Å². The zero-order chi connectivity index (χ0) is 19.1. The van der Waals surface area contributed by atoms with Crippen LogP contribution >= 0.6 is 0 Å². The Morgan fingerprint density at radius 1 is 1.33 bits per heavy atom. The van der Waals surface area contributed by atoms with Crippen LogP contribution in [0.5, 0.6) is 0 Å². The van der Waals surface area contributed by atoms with Gasteiger partial charge in [-0.05, 0) is 37.2 Å². The predicted octanol–water partition coefficient (Wildman–Crippen LogP) is 3.93. The van der Waals surface area contributed by atoms with Crippen LogP contribution in [-0.2, 0) is 0 Å². The number of hydrogen-bond donors (Lipinski definition) is 1. The summed E-state index contributed by atoms with van der Waals surface area (Å²) in [6, 6.07) is 11.2. The lowest BCUT2D eigenvalue weighted by molar-refractivity contribution is 0.189. The highest BCUT2D eigenvalue weighted by atomic mass is 15.3. The summed E-state index contributed by atoms with van der Waals surface area (Å²) in [5.74, 6) is 2.23. The molecule has 1 N–H and O–H groups in total. The van der Waals surface area contributed by atoms with E-state index >= 15 is 0 Å². The van der Waals surface area contributed by atoms with E-state index in [9.17, 15) is 0 Å². The summed E-state index contributed by atoms with van der Waals surface area (Å²) < 4.78 is 2.25. The summed E-state index contributed by atoms with van der Waals surface area (Å²) in [5, 5.41) is 3.50. The van der Waals surface area contributed by atoms with Gasteiger partial charge in [-0.3, -0.25) is 4.99 Å². The number of guanidine groups is 1. The summed E-state index contributed by atoms with van der Waals surface area (Å²) in [6.45, 7) is 10.6. The fourth-order valence-electron chi connectivity index (χ4n) is 3.83. The molecule has 2 aromatic rings. The van der Waals surface area contributed by atoms with E-state index in [0.717, 1.165) is 38.6 Å². The van der Waals surface area contributed by atoms with Gasteiger partial charge in [0, 0.05) is 38.6 Å². The summed E-state index contributed by atoms with van der Waals surface area (Å²) >= 11 is 0. The molecule has 1 aliphatic rings. The molecule has 2 heterocycles. The summed E-state index contributed by atoms with van der Waals surface area (Å²) in [6.07, 6.45) is 8.13. The molecule has 0 aliphatic carbocycles. The SMILES string of the molecule is CCNC(=NCCC(C)c1ccccc1)N1CCC(C)C(n2ccnc2)C1. The van der Waals surface area contributed by atoms with Crippen LogP contribution in [0.2, 0.25) is 0 Å². The third kappa shape index (κ3) is 5.12. The topological polar surface area (TPSA) is 45.5 Å². The van der Waals surface area contributed by atoms with Gasteiger partial charge in [0.05, 0.1) is 12.4 Å². The Morgan fingerprint density at radius 3 is 2.85 bits per heavy atom. The van der Waals surface area contributed by atoms with Gasteiger partial charge in [0.1, 0.15) is 0 Å². The van der Waals surface area contributed by atoms with E-state index in [4.69, 9.17) is 4.99 Å². The number of likely N-dealkylation sites (tertiary alicyclic amines) is 1. The van der Waals surface area contributed by atoms with Gasteiger partial charge in [-0.25, -0.2) is 4.98 Å². The number of benzene rings is 1. The molecule has 0 spiro atoms. The molecule has 146 valence electrons. The maximum Gasteiger partial charge on any atom is 0.193 e. The van der Waals surface area contributed by atoms with Crippen molar-refractivity contribution in [2.24, 2.45) is 10.9 Å². The molecular formula is C22H33N5. The van der Waals surface area contributed by atoms with Crippen molar-refractivity contribution in [3.8, 4) is 0 Å². The molecule has 5 heteroatoms. The number of nitrogens with zero attached hydrogens (tertiary/aromatic N) is 4. The lowest BCUT2D eigenvalue weighted by Crippen LogP contribution is -2.49. The van der Waals surface area contributed by atoms with Gasteiger partial charge in [0.15, 0.2) is 5.96 Å². The fraction of sp³-hybridized carbons (Fsp3) is 0.545. The van der Waals surface area contributed by atoms with Crippen LogP contribution in [-0.4, -0.2) is 46.6 Å². The van der Waals surface area contributed by atoms with E-state index in [2.05, 4.69) is 77.1 Å². The fourth-order valence-corrected chi connectivity index (χ4v) is 3.83. The third-order valence-corrected chi connectivity index (χ3v) is 5.65. The number of nitrogens with one attached hydrogen (secondary N) is 1. The van der Waals surface area contributed by atoms with E-state index in [1.54, 1.807) is 0 Å². The standard InChI is InChI=1S/C22H33N5/c1-4-24-22(25-12-10-18(2)20-8-6-5-7-9-20)26-14-11-19(3)21(16-26)27-15-13-23-17-27/h5-9,13,15,17-19,21H,4,10-12,14,16H2,1-3H3,(H,24,25). The summed E-state index contributed by atoms with van der Waals surface area (Å²) in [7, 11) is 0. The molecule has 27 heavy (non-hydrogen) atoms. The first-order valence-electron chi connectivity index (χ1n) is 10.2. The number of hydrogen-bond acceptors (Lipinski definition) is 2. The van der Waals surface area contributed by atoms with Gasteiger partial charge < -0.3 is 14.8 Å². The van der Waals surface area contributed by atoms with Crippen molar-refractivity contribution < 1.29 is 0 Å².